The Morgan fingerprint density at radius 2 is 1.50 bits per heavy atom. The molecule has 2 aromatic rings. The van der Waals surface area contributed by atoms with Crippen LogP contribution in [0.2, 0.25) is 0 Å². The largest absolute Gasteiger partial charge is 0.492 e. The van der Waals surface area contributed by atoms with E-state index in [1.54, 1.807) is 58.0 Å². The average Bonchev–Trinajstić information content (AvgIpc) is 2.63. The quantitative estimate of drug-likeness (QED) is 0.614. The van der Waals surface area contributed by atoms with Gasteiger partial charge in [0.05, 0.1) is 6.61 Å². The van der Waals surface area contributed by atoms with Gasteiger partial charge in [-0.1, -0.05) is 20.8 Å². The Hall–Kier alpha value is -3.07. The van der Waals surface area contributed by atoms with Crippen molar-refractivity contribution in [2.45, 2.75) is 39.5 Å². The lowest BCUT2D eigenvalue weighted by atomic mass is 9.95. The van der Waals surface area contributed by atoms with Gasteiger partial charge < -0.3 is 15.4 Å². The first kappa shape index (κ1) is 23.2. The van der Waals surface area contributed by atoms with Crippen LogP contribution in [0.4, 0.5) is 17.1 Å². The molecule has 0 fully saturated rings. The van der Waals surface area contributed by atoms with Crippen LogP contribution in [0.5, 0.6) is 5.75 Å². The number of amides is 2. The normalized spacial score (nSPS) is 11.5. The Kier molecular flexibility index (Phi) is 7.09. The average molecular weight is 434 g/mol. The Labute approximate surface area is 177 Å². The molecule has 0 bridgehead atoms. The van der Waals surface area contributed by atoms with Crippen molar-refractivity contribution < 1.29 is 22.7 Å². The molecule has 0 unspecified atom stereocenters. The molecule has 0 aromatic heterocycles. The van der Waals surface area contributed by atoms with Gasteiger partial charge in [0.1, 0.15) is 10.6 Å². The fourth-order valence-corrected chi connectivity index (χ4v) is 3.65. The zero-order chi connectivity index (χ0) is 22.5. The topological polar surface area (TPSA) is 114 Å². The van der Waals surface area contributed by atoms with Gasteiger partial charge in [0.25, 0.3) is 10.0 Å². The molecule has 0 radical (unpaired) electrons. The highest BCUT2D eigenvalue weighted by atomic mass is 32.2. The zero-order valence-corrected chi connectivity index (χ0v) is 18.5. The van der Waals surface area contributed by atoms with Crippen LogP contribution in [-0.2, 0) is 19.6 Å². The van der Waals surface area contributed by atoms with Crippen LogP contribution in [0.25, 0.3) is 0 Å². The van der Waals surface area contributed by atoms with Crippen molar-refractivity contribution in [3.8, 4) is 5.75 Å². The molecule has 0 spiro atoms. The molecule has 2 aromatic carbocycles. The van der Waals surface area contributed by atoms with Gasteiger partial charge in [-0.25, -0.2) is 8.42 Å². The standard InChI is InChI=1S/C21H27N3O5S/c1-6-29-18-12-11-17(22-14(2)25)13-19(18)30(27,28)24-16-9-7-15(8-10-16)23-20(26)21(3,4)5/h7-13,24H,6H2,1-5H3,(H,22,25)(H,23,26). The fraction of sp³-hybridized carbons (Fsp3) is 0.333. The van der Waals surface area contributed by atoms with Gasteiger partial charge in [0, 0.05) is 29.4 Å². The summed E-state index contributed by atoms with van der Waals surface area (Å²) in [6.07, 6.45) is 0. The fourth-order valence-electron chi connectivity index (χ4n) is 2.42. The van der Waals surface area contributed by atoms with Gasteiger partial charge in [0.15, 0.2) is 0 Å². The summed E-state index contributed by atoms with van der Waals surface area (Å²) in [4.78, 5) is 23.3. The number of sulfonamides is 1. The minimum atomic E-state index is -4.00. The van der Waals surface area contributed by atoms with Crippen molar-refractivity contribution in [3.05, 3.63) is 42.5 Å². The second-order valence-corrected chi connectivity index (χ2v) is 9.31. The smallest absolute Gasteiger partial charge is 0.265 e. The molecule has 0 aliphatic heterocycles. The number of hydrogen-bond acceptors (Lipinski definition) is 5. The number of anilines is 3. The molecular formula is C21H27N3O5S. The minimum absolute atomic E-state index is 0.0966. The highest BCUT2D eigenvalue weighted by Crippen LogP contribution is 2.29. The maximum atomic E-state index is 13.0. The van der Waals surface area contributed by atoms with E-state index in [4.69, 9.17) is 4.74 Å². The molecule has 9 heteroatoms. The molecule has 2 amide bonds. The third-order valence-corrected chi connectivity index (χ3v) is 5.33. The van der Waals surface area contributed by atoms with Crippen molar-refractivity contribution in [1.82, 2.24) is 0 Å². The summed E-state index contributed by atoms with van der Waals surface area (Å²) >= 11 is 0. The first-order chi connectivity index (χ1) is 13.9. The molecule has 0 saturated carbocycles. The van der Waals surface area contributed by atoms with Crippen molar-refractivity contribution in [2.24, 2.45) is 5.41 Å². The molecule has 0 heterocycles. The first-order valence-electron chi connectivity index (χ1n) is 9.41. The van der Waals surface area contributed by atoms with Gasteiger partial charge in [0.2, 0.25) is 11.8 Å². The lowest BCUT2D eigenvalue weighted by Gasteiger charge is -2.18. The lowest BCUT2D eigenvalue weighted by molar-refractivity contribution is -0.123. The molecule has 8 nitrogen and oxygen atoms in total. The van der Waals surface area contributed by atoms with E-state index in [1.807, 2.05) is 0 Å². The summed E-state index contributed by atoms with van der Waals surface area (Å²) < 4.78 is 33.8. The van der Waals surface area contributed by atoms with Crippen LogP contribution in [0, 0.1) is 5.41 Å². The molecular weight excluding hydrogens is 406 g/mol. The Balaban J connectivity index is 2.27. The van der Waals surface area contributed by atoms with E-state index in [9.17, 15) is 18.0 Å². The number of hydrogen-bond donors (Lipinski definition) is 3. The van der Waals surface area contributed by atoms with E-state index in [1.165, 1.54) is 19.1 Å². The lowest BCUT2D eigenvalue weighted by Crippen LogP contribution is -2.27. The van der Waals surface area contributed by atoms with Gasteiger partial charge in [-0.2, -0.15) is 0 Å². The summed E-state index contributed by atoms with van der Waals surface area (Å²) in [6.45, 7) is 8.77. The Bertz CT molecular complexity index is 1030. The van der Waals surface area contributed by atoms with E-state index in [0.29, 0.717) is 17.1 Å². The molecule has 0 saturated heterocycles. The molecule has 0 atom stereocenters. The SMILES string of the molecule is CCOc1ccc(NC(C)=O)cc1S(=O)(=O)Nc1ccc(NC(=O)C(C)(C)C)cc1. The van der Waals surface area contributed by atoms with Gasteiger partial charge in [-0.05, 0) is 49.4 Å². The van der Waals surface area contributed by atoms with Crippen LogP contribution in [0.1, 0.15) is 34.6 Å². The predicted octanol–water partition coefficient (Wildman–Crippen LogP) is 3.83. The van der Waals surface area contributed by atoms with Crippen LogP contribution in [0.3, 0.4) is 0 Å². The number of ether oxygens (including phenoxy) is 1. The van der Waals surface area contributed by atoms with Crippen LogP contribution < -0.4 is 20.1 Å². The van der Waals surface area contributed by atoms with Crippen molar-refractivity contribution >= 4 is 38.9 Å². The van der Waals surface area contributed by atoms with Crippen molar-refractivity contribution in [2.75, 3.05) is 22.0 Å². The third-order valence-electron chi connectivity index (χ3n) is 3.93. The molecule has 162 valence electrons. The third kappa shape index (κ3) is 6.21. The number of nitrogens with one attached hydrogen (secondary N) is 3. The maximum Gasteiger partial charge on any atom is 0.265 e. The summed E-state index contributed by atoms with van der Waals surface area (Å²) in [5.74, 6) is -0.288. The van der Waals surface area contributed by atoms with E-state index in [0.717, 1.165) is 0 Å². The highest BCUT2D eigenvalue weighted by molar-refractivity contribution is 7.92. The van der Waals surface area contributed by atoms with Crippen LogP contribution in [-0.4, -0.2) is 26.8 Å². The second kappa shape index (κ2) is 9.17. The van der Waals surface area contributed by atoms with E-state index in [-0.39, 0.29) is 29.1 Å². The number of carbonyl (C=O) groups excluding carboxylic acids is 2. The van der Waals surface area contributed by atoms with Crippen LogP contribution in [0.15, 0.2) is 47.4 Å². The second-order valence-electron chi connectivity index (χ2n) is 7.66. The summed E-state index contributed by atoms with van der Waals surface area (Å²) in [6, 6.07) is 10.7. The van der Waals surface area contributed by atoms with Crippen molar-refractivity contribution in [3.63, 3.8) is 0 Å². The first-order valence-corrected chi connectivity index (χ1v) is 10.9. The van der Waals surface area contributed by atoms with Gasteiger partial charge in [-0.15, -0.1) is 0 Å². The monoisotopic (exact) mass is 433 g/mol. The van der Waals surface area contributed by atoms with E-state index in [2.05, 4.69) is 15.4 Å². The number of carbonyl (C=O) groups is 2. The van der Waals surface area contributed by atoms with Crippen LogP contribution >= 0.6 is 0 Å². The van der Waals surface area contributed by atoms with Gasteiger partial charge >= 0.3 is 0 Å². The van der Waals surface area contributed by atoms with E-state index >= 15 is 0 Å². The molecule has 0 aliphatic rings. The van der Waals surface area contributed by atoms with E-state index < -0.39 is 15.4 Å². The minimum Gasteiger partial charge on any atom is -0.492 e. The number of rotatable bonds is 7. The molecule has 2 rings (SSSR count). The Morgan fingerprint density at radius 1 is 0.933 bits per heavy atom. The summed E-state index contributed by atoms with van der Waals surface area (Å²) in [5, 5.41) is 5.34. The summed E-state index contributed by atoms with van der Waals surface area (Å²) in [5.41, 5.74) is 0.665. The van der Waals surface area contributed by atoms with Crippen molar-refractivity contribution in [1.29, 1.82) is 0 Å². The highest BCUT2D eigenvalue weighted by Gasteiger charge is 2.22. The summed E-state index contributed by atoms with van der Waals surface area (Å²) in [7, 11) is -4.00. The van der Waals surface area contributed by atoms with Gasteiger partial charge in [-0.3, -0.25) is 14.3 Å². The predicted molar refractivity (Wildman–Crippen MR) is 117 cm³/mol. The molecule has 30 heavy (non-hydrogen) atoms. The molecule has 0 aliphatic carbocycles. The zero-order valence-electron chi connectivity index (χ0n) is 17.7. The molecule has 3 N–H and O–H groups in total. The Morgan fingerprint density at radius 3 is 2.03 bits per heavy atom. The number of benzene rings is 2. The maximum absolute atomic E-state index is 13.0.